The van der Waals surface area contributed by atoms with Crippen LogP contribution in [-0.2, 0) is 0 Å². The molecule has 0 aromatic heterocycles. The van der Waals surface area contributed by atoms with Crippen molar-refractivity contribution in [1.29, 1.82) is 0 Å². The zero-order valence-electron chi connectivity index (χ0n) is 11.1. The summed E-state index contributed by atoms with van der Waals surface area (Å²) in [6, 6.07) is 11.7. The van der Waals surface area contributed by atoms with Crippen LogP contribution in [0.3, 0.4) is 0 Å². The van der Waals surface area contributed by atoms with E-state index >= 15 is 0 Å². The predicted octanol–water partition coefficient (Wildman–Crippen LogP) is 3.71. The Labute approximate surface area is 135 Å². The molecule has 2 N–H and O–H groups in total. The van der Waals surface area contributed by atoms with Crippen LogP contribution in [0, 0.1) is 0 Å². The number of rotatable bonds is 3. The van der Waals surface area contributed by atoms with Crippen LogP contribution in [0.4, 0.5) is 5.69 Å². The maximum atomic E-state index is 12.3. The van der Waals surface area contributed by atoms with Gasteiger partial charge in [-0.3, -0.25) is 9.59 Å². The molecule has 0 unspecified atom stereocenters. The van der Waals surface area contributed by atoms with E-state index in [0.717, 1.165) is 0 Å². The van der Waals surface area contributed by atoms with Crippen LogP contribution in [0.1, 0.15) is 20.7 Å². The van der Waals surface area contributed by atoms with E-state index in [1.165, 1.54) is 7.05 Å². The lowest BCUT2D eigenvalue weighted by molar-refractivity contribution is 0.0964. The Hall–Kier alpha value is -1.85. The molecule has 0 saturated heterocycles. The minimum absolute atomic E-state index is 0.263. The summed E-state index contributed by atoms with van der Waals surface area (Å²) in [5, 5.41) is 5.80. The van der Waals surface area contributed by atoms with Crippen LogP contribution < -0.4 is 10.6 Å². The Morgan fingerprint density at radius 1 is 1.05 bits per heavy atom. The predicted molar refractivity (Wildman–Crippen MR) is 86.9 cm³/mol. The van der Waals surface area contributed by atoms with E-state index in [1.807, 2.05) is 0 Å². The number of benzene rings is 2. The molecule has 0 saturated carbocycles. The van der Waals surface area contributed by atoms with Gasteiger partial charge in [-0.25, -0.2) is 0 Å². The third-order valence-electron chi connectivity index (χ3n) is 2.82. The minimum Gasteiger partial charge on any atom is -0.355 e. The van der Waals surface area contributed by atoms with Gasteiger partial charge in [0.2, 0.25) is 0 Å². The van der Waals surface area contributed by atoms with Gasteiger partial charge in [0.05, 0.1) is 16.8 Å². The first kappa shape index (κ1) is 15.5. The molecule has 21 heavy (non-hydrogen) atoms. The Balaban J connectivity index is 2.30. The highest BCUT2D eigenvalue weighted by molar-refractivity contribution is 9.10. The molecular formula is C15H12BrClN2O2. The molecular weight excluding hydrogens is 356 g/mol. The van der Waals surface area contributed by atoms with E-state index in [0.29, 0.717) is 26.3 Å². The monoisotopic (exact) mass is 366 g/mol. The number of amides is 2. The summed E-state index contributed by atoms with van der Waals surface area (Å²) < 4.78 is 0.588. The zero-order chi connectivity index (χ0) is 15.4. The van der Waals surface area contributed by atoms with Crippen molar-refractivity contribution < 1.29 is 9.59 Å². The fourth-order valence-corrected chi connectivity index (χ4v) is 2.65. The molecule has 108 valence electrons. The summed E-state index contributed by atoms with van der Waals surface area (Å²) >= 11 is 9.15. The highest BCUT2D eigenvalue weighted by Crippen LogP contribution is 2.23. The van der Waals surface area contributed by atoms with E-state index in [9.17, 15) is 9.59 Å². The Kier molecular flexibility index (Phi) is 4.98. The molecule has 0 radical (unpaired) electrons. The number of nitrogens with one attached hydrogen (secondary N) is 2. The number of halogens is 2. The van der Waals surface area contributed by atoms with Crippen LogP contribution in [0.15, 0.2) is 46.9 Å². The second-order valence-electron chi connectivity index (χ2n) is 4.20. The van der Waals surface area contributed by atoms with Gasteiger partial charge in [-0.05, 0) is 46.3 Å². The number of hydrogen-bond acceptors (Lipinski definition) is 2. The molecule has 0 aliphatic rings. The molecule has 6 heteroatoms. The lowest BCUT2D eigenvalue weighted by atomic mass is 10.1. The highest BCUT2D eigenvalue weighted by atomic mass is 79.9. The van der Waals surface area contributed by atoms with E-state index in [4.69, 9.17) is 11.6 Å². The van der Waals surface area contributed by atoms with Gasteiger partial charge in [0.25, 0.3) is 11.8 Å². The van der Waals surface area contributed by atoms with Gasteiger partial charge >= 0.3 is 0 Å². The lowest BCUT2D eigenvalue weighted by Crippen LogP contribution is -2.21. The number of para-hydroxylation sites is 1. The molecule has 0 atom stereocenters. The summed E-state index contributed by atoms with van der Waals surface area (Å²) in [5.74, 6) is -0.587. The number of carbonyl (C=O) groups excluding carboxylic acids is 2. The van der Waals surface area contributed by atoms with Crippen molar-refractivity contribution in [1.82, 2.24) is 5.32 Å². The highest BCUT2D eigenvalue weighted by Gasteiger charge is 2.14. The van der Waals surface area contributed by atoms with Crippen LogP contribution >= 0.6 is 27.5 Å². The normalized spacial score (nSPS) is 10.0. The van der Waals surface area contributed by atoms with Crippen molar-refractivity contribution in [2.24, 2.45) is 0 Å². The molecule has 2 aromatic carbocycles. The van der Waals surface area contributed by atoms with Gasteiger partial charge < -0.3 is 10.6 Å². The molecule has 0 spiro atoms. The van der Waals surface area contributed by atoms with Gasteiger partial charge in [0.1, 0.15) is 0 Å². The fraction of sp³-hybridized carbons (Fsp3) is 0.0667. The third-order valence-corrected chi connectivity index (χ3v) is 3.71. The summed E-state index contributed by atoms with van der Waals surface area (Å²) in [4.78, 5) is 24.1. The number of anilines is 1. The molecule has 0 bridgehead atoms. The summed E-state index contributed by atoms with van der Waals surface area (Å²) in [7, 11) is 1.54. The van der Waals surface area contributed by atoms with Crippen LogP contribution in [0.25, 0.3) is 0 Å². The number of carbonyl (C=O) groups is 2. The van der Waals surface area contributed by atoms with Gasteiger partial charge in [-0.15, -0.1) is 0 Å². The molecule has 2 amide bonds. The second-order valence-corrected chi connectivity index (χ2v) is 5.49. The largest absolute Gasteiger partial charge is 0.355 e. The summed E-state index contributed by atoms with van der Waals surface area (Å²) in [6.07, 6.45) is 0. The Bertz CT molecular complexity index is 704. The smallest absolute Gasteiger partial charge is 0.256 e. The molecule has 2 rings (SSSR count). The van der Waals surface area contributed by atoms with Crippen molar-refractivity contribution in [2.75, 3.05) is 12.4 Å². The minimum atomic E-state index is -0.324. The summed E-state index contributed by atoms with van der Waals surface area (Å²) in [6.45, 7) is 0. The average molecular weight is 368 g/mol. The first-order valence-electron chi connectivity index (χ1n) is 6.10. The third kappa shape index (κ3) is 3.62. The SMILES string of the molecule is CNC(=O)c1ccccc1NC(=O)c1ccc(Cl)cc1Br. The van der Waals surface area contributed by atoms with Gasteiger partial charge in [-0.2, -0.15) is 0 Å². The molecule has 0 heterocycles. The van der Waals surface area contributed by atoms with E-state index < -0.39 is 0 Å². The van der Waals surface area contributed by atoms with Gasteiger partial charge in [0, 0.05) is 16.5 Å². The lowest BCUT2D eigenvalue weighted by Gasteiger charge is -2.11. The van der Waals surface area contributed by atoms with Crippen molar-refractivity contribution in [3.63, 3.8) is 0 Å². The molecule has 0 fully saturated rings. The van der Waals surface area contributed by atoms with Gasteiger partial charge in [0.15, 0.2) is 0 Å². The average Bonchev–Trinajstić information content (AvgIpc) is 2.46. The molecule has 0 aliphatic heterocycles. The van der Waals surface area contributed by atoms with Crippen molar-refractivity contribution in [2.45, 2.75) is 0 Å². The summed E-state index contributed by atoms with van der Waals surface area (Å²) in [5.41, 5.74) is 1.29. The quantitative estimate of drug-likeness (QED) is 0.869. The second kappa shape index (κ2) is 6.74. The van der Waals surface area contributed by atoms with E-state index in [2.05, 4.69) is 26.6 Å². The maximum Gasteiger partial charge on any atom is 0.256 e. The van der Waals surface area contributed by atoms with Crippen molar-refractivity contribution >= 4 is 45.0 Å². The first-order chi connectivity index (χ1) is 10.0. The van der Waals surface area contributed by atoms with Crippen LogP contribution in [0.2, 0.25) is 5.02 Å². The Morgan fingerprint density at radius 2 is 1.76 bits per heavy atom. The molecule has 2 aromatic rings. The van der Waals surface area contributed by atoms with Crippen molar-refractivity contribution in [3.8, 4) is 0 Å². The van der Waals surface area contributed by atoms with E-state index in [1.54, 1.807) is 42.5 Å². The standard InChI is InChI=1S/C15H12BrClN2O2/c1-18-14(20)11-4-2-3-5-13(11)19-15(21)10-7-6-9(17)8-12(10)16/h2-8H,1H3,(H,18,20)(H,19,21). The molecule has 4 nitrogen and oxygen atoms in total. The van der Waals surface area contributed by atoms with Gasteiger partial charge in [-0.1, -0.05) is 23.7 Å². The zero-order valence-corrected chi connectivity index (χ0v) is 13.5. The fourth-order valence-electron chi connectivity index (χ4n) is 1.79. The van der Waals surface area contributed by atoms with E-state index in [-0.39, 0.29) is 11.8 Å². The number of hydrogen-bond donors (Lipinski definition) is 2. The first-order valence-corrected chi connectivity index (χ1v) is 7.27. The topological polar surface area (TPSA) is 58.2 Å². The van der Waals surface area contributed by atoms with Crippen LogP contribution in [-0.4, -0.2) is 18.9 Å². The maximum absolute atomic E-state index is 12.3. The van der Waals surface area contributed by atoms with Crippen LogP contribution in [0.5, 0.6) is 0 Å². The van der Waals surface area contributed by atoms with Crippen molar-refractivity contribution in [3.05, 3.63) is 63.1 Å². The Morgan fingerprint density at radius 3 is 2.43 bits per heavy atom. The molecule has 0 aliphatic carbocycles.